The van der Waals surface area contributed by atoms with Crippen molar-refractivity contribution in [1.29, 1.82) is 0 Å². The van der Waals surface area contributed by atoms with E-state index in [2.05, 4.69) is 12.1 Å². The van der Waals surface area contributed by atoms with E-state index in [-0.39, 0.29) is 58.3 Å². The molecule has 0 spiro atoms. The van der Waals surface area contributed by atoms with Crippen LogP contribution in [0.15, 0.2) is 188 Å². The molecule has 0 aliphatic heterocycles. The van der Waals surface area contributed by atoms with Gasteiger partial charge in [-0.1, -0.05) is 90.9 Å². The van der Waals surface area contributed by atoms with Crippen LogP contribution in [0.25, 0.3) is 85.0 Å². The summed E-state index contributed by atoms with van der Waals surface area (Å²) in [6.07, 6.45) is 0. The molecule has 2 aromatic heterocycles. The van der Waals surface area contributed by atoms with Crippen molar-refractivity contribution in [1.82, 2.24) is 9.97 Å². The Labute approximate surface area is 334 Å². The van der Waals surface area contributed by atoms with E-state index in [1.165, 1.54) is 0 Å². The molecule has 0 aliphatic carbocycles. The number of para-hydroxylation sites is 2. The van der Waals surface area contributed by atoms with E-state index in [9.17, 15) is 8.22 Å². The smallest absolute Gasteiger partial charge is 0.124 e. The van der Waals surface area contributed by atoms with E-state index in [4.69, 9.17) is 9.97 Å². The number of hydrogen-bond donors (Lipinski definition) is 0. The normalized spacial score (nSPS) is 13.2. The lowest BCUT2D eigenvalue weighted by Gasteiger charge is -2.26. The maximum Gasteiger partial charge on any atom is 0.124 e. The Morgan fingerprint density at radius 1 is 0.400 bits per heavy atom. The summed E-state index contributed by atoms with van der Waals surface area (Å²) in [5.41, 5.74) is 5.76. The van der Waals surface area contributed by atoms with Gasteiger partial charge in [-0.05, 0) is 140 Å². The van der Waals surface area contributed by atoms with Gasteiger partial charge in [0, 0.05) is 28.2 Å². The van der Waals surface area contributed by atoms with Crippen LogP contribution in [0.4, 0.5) is 17.1 Å². The molecule has 0 aliphatic rings. The Kier molecular flexibility index (Phi) is 6.20. The van der Waals surface area contributed by atoms with Crippen molar-refractivity contribution in [2.45, 2.75) is 0 Å². The van der Waals surface area contributed by atoms with Gasteiger partial charge in [-0.15, -0.1) is 22.7 Å². The average Bonchev–Trinajstić information content (AvgIpc) is 3.94. The highest BCUT2D eigenvalue weighted by molar-refractivity contribution is 7.22. The standard InChI is InChI=1S/C50H31N3S2/c1-2-8-43-32(7-1)13-16-39-30-37(22-28-44(39)43)35-14-15-38-31-42(27-21-36(38)29-35)53(40-23-17-33(18-24-40)49-51-45-9-3-5-11-47(45)54-49)41-25-19-34(20-26-41)50-52-46-10-4-6-12-48(46)55-50/h1-31H/i14D,15D,21D,27D,29D,31D. The Hall–Kier alpha value is -6.66. The van der Waals surface area contributed by atoms with E-state index in [0.29, 0.717) is 16.9 Å². The van der Waals surface area contributed by atoms with Gasteiger partial charge in [0.25, 0.3) is 0 Å². The van der Waals surface area contributed by atoms with Gasteiger partial charge >= 0.3 is 0 Å². The Morgan fingerprint density at radius 2 is 0.945 bits per heavy atom. The zero-order valence-corrected chi connectivity index (χ0v) is 30.7. The van der Waals surface area contributed by atoms with Crippen molar-refractivity contribution in [2.75, 3.05) is 4.90 Å². The maximum absolute atomic E-state index is 9.73. The first-order chi connectivity index (χ1) is 29.7. The highest BCUT2D eigenvalue weighted by Crippen LogP contribution is 2.40. The lowest BCUT2D eigenvalue weighted by atomic mass is 9.96. The third kappa shape index (κ3) is 5.73. The molecule has 2 heterocycles. The number of nitrogens with zero attached hydrogens (tertiary/aromatic N) is 3. The summed E-state index contributed by atoms with van der Waals surface area (Å²) >= 11 is 3.20. The van der Waals surface area contributed by atoms with Gasteiger partial charge in [0.1, 0.15) is 10.0 Å². The van der Waals surface area contributed by atoms with Gasteiger partial charge in [-0.2, -0.15) is 0 Å². The van der Waals surface area contributed by atoms with Crippen molar-refractivity contribution in [3.05, 3.63) is 188 Å². The minimum Gasteiger partial charge on any atom is -0.310 e. The van der Waals surface area contributed by atoms with Crippen LogP contribution in [0.2, 0.25) is 0 Å². The van der Waals surface area contributed by atoms with Crippen molar-refractivity contribution in [3.63, 3.8) is 0 Å². The van der Waals surface area contributed by atoms with Crippen molar-refractivity contribution >= 4 is 92.5 Å². The fraction of sp³-hybridized carbons (Fsp3) is 0. The molecule has 0 amide bonds. The van der Waals surface area contributed by atoms with E-state index < -0.39 is 0 Å². The molecule has 9 aromatic carbocycles. The van der Waals surface area contributed by atoms with Gasteiger partial charge in [-0.25, -0.2) is 9.97 Å². The molecule has 0 radical (unpaired) electrons. The molecule has 0 fully saturated rings. The molecule has 0 unspecified atom stereocenters. The first kappa shape index (κ1) is 26.2. The second-order valence-corrected chi connectivity index (χ2v) is 15.4. The molecular weight excluding hydrogens is 707 g/mol. The highest BCUT2D eigenvalue weighted by atomic mass is 32.1. The third-order valence-corrected chi connectivity index (χ3v) is 12.1. The van der Waals surface area contributed by atoms with Gasteiger partial charge < -0.3 is 4.90 Å². The summed E-state index contributed by atoms with van der Waals surface area (Å²) < 4.78 is 59.0. The number of aromatic nitrogens is 2. The van der Waals surface area contributed by atoms with Crippen LogP contribution in [-0.4, -0.2) is 9.97 Å². The van der Waals surface area contributed by atoms with Gasteiger partial charge in [0.2, 0.25) is 0 Å². The van der Waals surface area contributed by atoms with Crippen LogP contribution < -0.4 is 4.90 Å². The van der Waals surface area contributed by atoms with Gasteiger partial charge in [0.15, 0.2) is 0 Å². The Morgan fingerprint density at radius 3 is 1.62 bits per heavy atom. The van der Waals surface area contributed by atoms with Crippen LogP contribution in [-0.2, 0) is 0 Å². The van der Waals surface area contributed by atoms with Crippen LogP contribution in [0.5, 0.6) is 0 Å². The molecule has 11 rings (SSSR count). The minimum atomic E-state index is -0.283. The molecule has 55 heavy (non-hydrogen) atoms. The summed E-state index contributed by atoms with van der Waals surface area (Å²) in [6.45, 7) is 0. The number of thiazole rings is 2. The predicted octanol–water partition coefficient (Wildman–Crippen LogP) is 14.8. The van der Waals surface area contributed by atoms with Crippen molar-refractivity contribution < 1.29 is 8.22 Å². The van der Waals surface area contributed by atoms with Crippen LogP contribution >= 0.6 is 22.7 Å². The Balaban J connectivity index is 1.08. The summed E-state index contributed by atoms with van der Waals surface area (Å²) in [7, 11) is 0. The molecule has 0 saturated carbocycles. The third-order valence-electron chi connectivity index (χ3n) is 9.95. The quantitative estimate of drug-likeness (QED) is 0.159. The fourth-order valence-electron chi connectivity index (χ4n) is 7.19. The monoisotopic (exact) mass is 743 g/mol. The van der Waals surface area contributed by atoms with Gasteiger partial charge in [0.05, 0.1) is 28.7 Å². The molecule has 5 heteroatoms. The SMILES string of the molecule is [2H]c1c(N(c2ccc(-c3nc4ccccc4s3)cc2)c2ccc(-c3nc4ccccc4s3)cc2)c([2H])c2c([2H])c([2H])c(-c3ccc4c(ccc5ccccc54)c3)c([2H])c2c1[2H]. The van der Waals surface area contributed by atoms with Crippen molar-refractivity contribution in [3.8, 4) is 32.3 Å². The molecule has 0 bridgehead atoms. The number of anilines is 3. The van der Waals surface area contributed by atoms with Crippen LogP contribution in [0, 0.1) is 0 Å². The highest BCUT2D eigenvalue weighted by Gasteiger charge is 2.16. The second kappa shape index (κ2) is 13.0. The molecule has 0 atom stereocenters. The van der Waals surface area contributed by atoms with E-state index >= 15 is 0 Å². The zero-order chi connectivity index (χ0) is 41.5. The Bertz CT molecular complexity index is 3380. The summed E-state index contributed by atoms with van der Waals surface area (Å²) in [6, 6.07) is 48.0. The lowest BCUT2D eigenvalue weighted by Crippen LogP contribution is -2.09. The number of rotatable bonds is 6. The maximum atomic E-state index is 9.73. The average molecular weight is 744 g/mol. The fourth-order valence-corrected chi connectivity index (χ4v) is 9.14. The second-order valence-electron chi connectivity index (χ2n) is 13.3. The number of benzene rings is 9. The first-order valence-corrected chi connectivity index (χ1v) is 19.5. The number of fused-ring (bicyclic) bond motifs is 6. The predicted molar refractivity (Wildman–Crippen MR) is 236 cm³/mol. The first-order valence-electron chi connectivity index (χ1n) is 20.9. The zero-order valence-electron chi connectivity index (χ0n) is 35.1. The molecule has 0 saturated heterocycles. The van der Waals surface area contributed by atoms with E-state index in [0.717, 1.165) is 63.1 Å². The molecule has 258 valence electrons. The van der Waals surface area contributed by atoms with Gasteiger partial charge in [-0.3, -0.25) is 0 Å². The molecule has 11 aromatic rings. The molecule has 3 nitrogen and oxygen atoms in total. The van der Waals surface area contributed by atoms with Crippen molar-refractivity contribution in [2.24, 2.45) is 0 Å². The van der Waals surface area contributed by atoms with Crippen LogP contribution in [0.1, 0.15) is 8.22 Å². The van der Waals surface area contributed by atoms with E-state index in [1.54, 1.807) is 27.6 Å². The number of hydrogen-bond acceptors (Lipinski definition) is 5. The summed E-state index contributed by atoms with van der Waals surface area (Å²) in [4.78, 5) is 11.5. The van der Waals surface area contributed by atoms with Crippen LogP contribution in [0.3, 0.4) is 0 Å². The summed E-state index contributed by atoms with van der Waals surface area (Å²) in [5, 5.41) is 5.86. The molecular formula is C50H31N3S2. The van der Waals surface area contributed by atoms with E-state index in [1.807, 2.05) is 140 Å². The summed E-state index contributed by atoms with van der Waals surface area (Å²) in [5.74, 6) is 0. The minimum absolute atomic E-state index is 0.00526. The largest absolute Gasteiger partial charge is 0.310 e. The molecule has 0 N–H and O–H groups in total. The lowest BCUT2D eigenvalue weighted by molar-refractivity contribution is 1.29. The topological polar surface area (TPSA) is 29.0 Å².